The maximum Gasteiger partial charge on any atom is 0.310 e. The number of carboxylic acids is 1. The lowest BCUT2D eigenvalue weighted by Gasteiger charge is -2.13. The molecule has 3 nitrogen and oxygen atoms in total. The highest BCUT2D eigenvalue weighted by atomic mass is 32.1. The van der Waals surface area contributed by atoms with Gasteiger partial charge >= 0.3 is 5.97 Å². The molecule has 2 rings (SSSR count). The van der Waals surface area contributed by atoms with Crippen molar-refractivity contribution in [1.29, 1.82) is 0 Å². The van der Waals surface area contributed by atoms with Crippen LogP contribution in [0.4, 0.5) is 0 Å². The van der Waals surface area contributed by atoms with E-state index in [-0.39, 0.29) is 0 Å². The van der Waals surface area contributed by atoms with Crippen molar-refractivity contribution in [3.05, 3.63) is 40.6 Å². The Balaban J connectivity index is 2.14. The number of allylic oxidation sites excluding steroid dienone is 1. The molecule has 2 aromatic rings. The molecule has 0 bridgehead atoms. The number of unbranched alkanes of at least 4 members (excludes halogenated alkanes) is 2. The van der Waals surface area contributed by atoms with E-state index in [1.54, 1.807) is 17.3 Å². The number of benzene rings is 1. The summed E-state index contributed by atoms with van der Waals surface area (Å²) in [5.74, 6) is 0.480. The number of thiophene rings is 1. The number of hydrogen-bond acceptors (Lipinski definition) is 3. The fourth-order valence-corrected chi connectivity index (χ4v) is 3.21. The summed E-state index contributed by atoms with van der Waals surface area (Å²) in [7, 11) is 0. The second kappa shape index (κ2) is 7.04. The largest absolute Gasteiger partial charge is 0.481 e. The van der Waals surface area contributed by atoms with Crippen LogP contribution in [-0.2, 0) is 9.59 Å². The molecule has 104 valence electrons. The third-order valence-electron chi connectivity index (χ3n) is 3.40. The fraction of sp³-hybridized carbons (Fsp3) is 0.312. The molecule has 0 aliphatic heterocycles. The smallest absolute Gasteiger partial charge is 0.310 e. The van der Waals surface area contributed by atoms with Gasteiger partial charge in [-0.3, -0.25) is 4.79 Å². The number of aliphatic carboxylic acids is 1. The van der Waals surface area contributed by atoms with Gasteiger partial charge in [-0.15, -0.1) is 0 Å². The lowest BCUT2D eigenvalue weighted by Crippen LogP contribution is -2.11. The van der Waals surface area contributed by atoms with Crippen molar-refractivity contribution in [3.63, 3.8) is 0 Å². The zero-order valence-corrected chi connectivity index (χ0v) is 11.9. The first-order valence-corrected chi connectivity index (χ1v) is 7.55. The molecule has 0 aliphatic rings. The zero-order chi connectivity index (χ0) is 14.4. The molecule has 0 saturated heterocycles. The van der Waals surface area contributed by atoms with Crippen LogP contribution in [0.1, 0.15) is 37.2 Å². The molecule has 20 heavy (non-hydrogen) atoms. The van der Waals surface area contributed by atoms with Crippen LogP contribution in [0, 0.1) is 0 Å². The van der Waals surface area contributed by atoms with Gasteiger partial charge in [-0.25, -0.2) is 4.79 Å². The number of fused-ring (bicyclic) bond motifs is 1. The first-order valence-electron chi connectivity index (χ1n) is 6.61. The highest BCUT2D eigenvalue weighted by Gasteiger charge is 2.21. The van der Waals surface area contributed by atoms with Crippen LogP contribution in [0.2, 0.25) is 0 Å². The quantitative estimate of drug-likeness (QED) is 0.618. The summed E-state index contributed by atoms with van der Waals surface area (Å²) in [6, 6.07) is 5.82. The van der Waals surface area contributed by atoms with Gasteiger partial charge in [0.25, 0.3) is 0 Å². The Morgan fingerprint density at radius 3 is 2.95 bits per heavy atom. The molecule has 1 unspecified atom stereocenters. The summed E-state index contributed by atoms with van der Waals surface area (Å²) >= 11 is 1.59. The van der Waals surface area contributed by atoms with Crippen molar-refractivity contribution in [2.45, 2.75) is 31.6 Å². The molecule has 4 heteroatoms. The van der Waals surface area contributed by atoms with Crippen molar-refractivity contribution >= 4 is 34.0 Å². The minimum Gasteiger partial charge on any atom is -0.481 e. The molecular formula is C16H16O3S. The molecule has 1 aromatic heterocycles. The monoisotopic (exact) mass is 288 g/mol. The molecule has 1 aromatic carbocycles. The molecule has 0 fully saturated rings. The first kappa shape index (κ1) is 14.5. The minimum atomic E-state index is -0.783. The van der Waals surface area contributed by atoms with Crippen LogP contribution in [0.25, 0.3) is 10.8 Å². The maximum absolute atomic E-state index is 11.5. The van der Waals surface area contributed by atoms with Gasteiger partial charge in [-0.2, -0.15) is 11.3 Å². The second-order valence-electron chi connectivity index (χ2n) is 4.72. The molecule has 0 radical (unpaired) electrons. The van der Waals surface area contributed by atoms with E-state index in [9.17, 15) is 14.7 Å². The van der Waals surface area contributed by atoms with Crippen molar-refractivity contribution < 1.29 is 14.7 Å². The summed E-state index contributed by atoms with van der Waals surface area (Å²) in [5, 5.41) is 15.6. The number of hydrogen-bond donors (Lipinski definition) is 1. The van der Waals surface area contributed by atoms with Crippen molar-refractivity contribution in [2.75, 3.05) is 0 Å². The topological polar surface area (TPSA) is 54.4 Å². The maximum atomic E-state index is 11.5. The Morgan fingerprint density at radius 2 is 2.20 bits per heavy atom. The highest BCUT2D eigenvalue weighted by Crippen LogP contribution is 2.31. The van der Waals surface area contributed by atoms with E-state index in [4.69, 9.17) is 0 Å². The average molecular weight is 288 g/mol. The van der Waals surface area contributed by atoms with Gasteiger partial charge in [0.1, 0.15) is 5.94 Å². The lowest BCUT2D eigenvalue weighted by molar-refractivity contribution is -0.139. The van der Waals surface area contributed by atoms with Crippen LogP contribution in [0.15, 0.2) is 35.0 Å². The summed E-state index contributed by atoms with van der Waals surface area (Å²) in [5.41, 5.74) is 0.891. The Kier molecular flexibility index (Phi) is 5.10. The number of rotatable bonds is 7. The van der Waals surface area contributed by atoms with Gasteiger partial charge in [0.15, 0.2) is 0 Å². The van der Waals surface area contributed by atoms with E-state index in [1.165, 1.54) is 6.08 Å². The van der Waals surface area contributed by atoms with Crippen molar-refractivity contribution in [1.82, 2.24) is 0 Å². The van der Waals surface area contributed by atoms with Crippen LogP contribution < -0.4 is 0 Å². The predicted molar refractivity (Wildman–Crippen MR) is 80.9 cm³/mol. The first-order chi connectivity index (χ1) is 9.74. The Hall–Kier alpha value is -1.90. The molecule has 0 spiro atoms. The average Bonchev–Trinajstić information content (AvgIpc) is 2.91. The van der Waals surface area contributed by atoms with Crippen LogP contribution in [-0.4, -0.2) is 17.0 Å². The number of carboxylic acid groups (broad SMARTS) is 1. The molecule has 0 amide bonds. The molecule has 0 saturated carbocycles. The van der Waals surface area contributed by atoms with Crippen molar-refractivity contribution in [2.24, 2.45) is 0 Å². The Morgan fingerprint density at radius 1 is 1.35 bits per heavy atom. The van der Waals surface area contributed by atoms with Gasteiger partial charge < -0.3 is 5.11 Å². The second-order valence-corrected chi connectivity index (χ2v) is 5.46. The van der Waals surface area contributed by atoms with E-state index in [0.29, 0.717) is 12.8 Å². The van der Waals surface area contributed by atoms with Crippen molar-refractivity contribution in [3.8, 4) is 0 Å². The van der Waals surface area contributed by atoms with E-state index < -0.39 is 11.9 Å². The van der Waals surface area contributed by atoms with E-state index >= 15 is 0 Å². The third-order valence-corrected chi connectivity index (χ3v) is 4.16. The van der Waals surface area contributed by atoms with E-state index in [2.05, 4.69) is 0 Å². The van der Waals surface area contributed by atoms with E-state index in [0.717, 1.165) is 29.2 Å². The van der Waals surface area contributed by atoms with Crippen LogP contribution >= 0.6 is 11.3 Å². The fourth-order valence-electron chi connectivity index (χ4n) is 2.39. The van der Waals surface area contributed by atoms with Gasteiger partial charge in [-0.05, 0) is 52.4 Å². The molecule has 1 heterocycles. The van der Waals surface area contributed by atoms with Gasteiger partial charge in [0, 0.05) is 0 Å². The third kappa shape index (κ3) is 3.35. The van der Waals surface area contributed by atoms with E-state index in [1.807, 2.05) is 29.0 Å². The standard InChI is InChI=1S/C16H16O3S/c17-9-4-2-1-3-7-14(16(18)19)13-8-5-6-12-10-20-11-15(12)13/h4-6,8,10-11,14H,1-3,7H2,(H,18,19). The number of carbonyl (C=O) groups is 1. The summed E-state index contributed by atoms with van der Waals surface area (Å²) in [6.07, 6.45) is 4.32. The minimum absolute atomic E-state index is 0.478. The Labute approximate surface area is 121 Å². The summed E-state index contributed by atoms with van der Waals surface area (Å²) in [6.45, 7) is 0. The molecular weight excluding hydrogens is 272 g/mol. The number of carbonyl (C=O) groups excluding carboxylic acids is 1. The zero-order valence-electron chi connectivity index (χ0n) is 11.0. The van der Waals surface area contributed by atoms with Gasteiger partial charge in [0.2, 0.25) is 0 Å². The molecule has 1 N–H and O–H groups in total. The molecule has 1 atom stereocenters. The van der Waals surface area contributed by atoms with Gasteiger partial charge in [0.05, 0.1) is 5.92 Å². The highest BCUT2D eigenvalue weighted by molar-refractivity contribution is 7.09. The lowest BCUT2D eigenvalue weighted by atomic mass is 9.90. The van der Waals surface area contributed by atoms with Crippen LogP contribution in [0.3, 0.4) is 0 Å². The molecule has 0 aliphatic carbocycles. The van der Waals surface area contributed by atoms with Crippen LogP contribution in [0.5, 0.6) is 0 Å². The predicted octanol–water partition coefficient (Wildman–Crippen LogP) is 4.02. The Bertz CT molecular complexity index is 638. The van der Waals surface area contributed by atoms with Gasteiger partial charge in [-0.1, -0.05) is 24.6 Å². The summed E-state index contributed by atoms with van der Waals surface area (Å²) < 4.78 is 0. The SMILES string of the molecule is O=C=CCCCCC(C(=O)O)c1cccc2cscc12. The summed E-state index contributed by atoms with van der Waals surface area (Å²) in [4.78, 5) is 21.6. The normalized spacial score (nSPS) is 12.0.